The zero-order valence-corrected chi connectivity index (χ0v) is 8.57. The van der Waals surface area contributed by atoms with Gasteiger partial charge >= 0.3 is 0 Å². The molecule has 0 aliphatic heterocycles. The molecule has 1 rings (SSSR count). The Bertz CT molecular complexity index is 315. The summed E-state index contributed by atoms with van der Waals surface area (Å²) in [5.74, 6) is -0.886. The van der Waals surface area contributed by atoms with E-state index < -0.39 is 11.6 Å². The summed E-state index contributed by atoms with van der Waals surface area (Å²) in [4.78, 5) is 0. The first-order valence-electron chi connectivity index (χ1n) is 4.27. The molecule has 0 N–H and O–H groups in total. The van der Waals surface area contributed by atoms with Crippen LogP contribution >= 0.6 is 11.6 Å². The quantitative estimate of drug-likeness (QED) is 0.709. The Hall–Kier alpha value is -0.830. The highest BCUT2D eigenvalue weighted by Crippen LogP contribution is 2.23. The molecule has 14 heavy (non-hydrogen) atoms. The van der Waals surface area contributed by atoms with Gasteiger partial charge in [-0.1, -0.05) is 0 Å². The van der Waals surface area contributed by atoms with E-state index in [1.807, 2.05) is 0 Å². The highest BCUT2D eigenvalue weighted by Gasteiger charge is 2.09. The predicted molar refractivity (Wildman–Crippen MR) is 52.0 cm³/mol. The number of halogens is 3. The molecule has 1 nitrogen and oxygen atoms in total. The third-order valence-electron chi connectivity index (χ3n) is 1.90. The minimum Gasteiger partial charge on any atom is -0.496 e. The second kappa shape index (κ2) is 5.15. The van der Waals surface area contributed by atoms with Crippen LogP contribution < -0.4 is 4.74 Å². The maximum Gasteiger partial charge on any atom is 0.162 e. The standard InChI is InChI=1S/C10H11ClF2O/c1-14-10-6-9(13)8(12)5-7(10)3-2-4-11/h5-6H,2-4H2,1H3. The molecule has 0 bridgehead atoms. The van der Waals surface area contributed by atoms with Gasteiger partial charge in [-0.15, -0.1) is 11.6 Å². The van der Waals surface area contributed by atoms with E-state index in [9.17, 15) is 8.78 Å². The predicted octanol–water partition coefficient (Wildman–Crippen LogP) is 3.14. The molecule has 1 aromatic rings. The zero-order chi connectivity index (χ0) is 10.6. The molecule has 0 fully saturated rings. The molecule has 78 valence electrons. The molecule has 4 heteroatoms. The molecule has 0 saturated carbocycles. The van der Waals surface area contributed by atoms with Crippen molar-refractivity contribution in [1.82, 2.24) is 0 Å². The van der Waals surface area contributed by atoms with Crippen molar-refractivity contribution < 1.29 is 13.5 Å². The van der Waals surface area contributed by atoms with E-state index >= 15 is 0 Å². The lowest BCUT2D eigenvalue weighted by molar-refractivity contribution is 0.400. The Morgan fingerprint density at radius 1 is 1.29 bits per heavy atom. The van der Waals surface area contributed by atoms with Gasteiger partial charge < -0.3 is 4.74 Å². The SMILES string of the molecule is COc1cc(F)c(F)cc1CCCCl. The normalized spacial score (nSPS) is 10.3. The maximum atomic E-state index is 12.9. The Balaban J connectivity index is 2.95. The van der Waals surface area contributed by atoms with Crippen LogP contribution in [0.25, 0.3) is 0 Å². The third-order valence-corrected chi connectivity index (χ3v) is 2.17. The van der Waals surface area contributed by atoms with Gasteiger partial charge in [0.15, 0.2) is 11.6 Å². The van der Waals surface area contributed by atoms with Crippen molar-refractivity contribution in [2.24, 2.45) is 0 Å². The molecule has 0 atom stereocenters. The summed E-state index contributed by atoms with van der Waals surface area (Å²) in [6, 6.07) is 2.21. The molecule has 0 aliphatic rings. The summed E-state index contributed by atoms with van der Waals surface area (Å²) in [6.45, 7) is 0. The van der Waals surface area contributed by atoms with Gasteiger partial charge in [0, 0.05) is 11.9 Å². The van der Waals surface area contributed by atoms with Crippen LogP contribution in [0.15, 0.2) is 12.1 Å². The van der Waals surface area contributed by atoms with E-state index in [-0.39, 0.29) is 0 Å². The summed E-state index contributed by atoms with van der Waals surface area (Å²) < 4.78 is 30.6. The van der Waals surface area contributed by atoms with E-state index in [1.54, 1.807) is 0 Å². The highest BCUT2D eigenvalue weighted by atomic mass is 35.5. The van der Waals surface area contributed by atoms with Crippen molar-refractivity contribution in [3.8, 4) is 5.75 Å². The first-order valence-corrected chi connectivity index (χ1v) is 4.80. The molecule has 0 saturated heterocycles. The van der Waals surface area contributed by atoms with Crippen molar-refractivity contribution in [2.75, 3.05) is 13.0 Å². The number of rotatable bonds is 4. The van der Waals surface area contributed by atoms with Crippen LogP contribution in [-0.2, 0) is 6.42 Å². The first-order chi connectivity index (χ1) is 6.69. The lowest BCUT2D eigenvalue weighted by Crippen LogP contribution is -1.96. The Kier molecular flexibility index (Phi) is 4.14. The largest absolute Gasteiger partial charge is 0.496 e. The van der Waals surface area contributed by atoms with Crippen LogP contribution in [-0.4, -0.2) is 13.0 Å². The topological polar surface area (TPSA) is 9.23 Å². The monoisotopic (exact) mass is 220 g/mol. The summed E-state index contributed by atoms with van der Waals surface area (Å²) in [5, 5.41) is 0. The van der Waals surface area contributed by atoms with E-state index in [0.717, 1.165) is 12.1 Å². The second-order valence-corrected chi connectivity index (χ2v) is 3.25. The fraction of sp³-hybridized carbons (Fsp3) is 0.400. The number of ether oxygens (including phenoxy) is 1. The smallest absolute Gasteiger partial charge is 0.162 e. The second-order valence-electron chi connectivity index (χ2n) is 2.87. The van der Waals surface area contributed by atoms with Gasteiger partial charge in [-0.05, 0) is 24.5 Å². The summed E-state index contributed by atoms with van der Waals surface area (Å²) >= 11 is 5.51. The maximum absolute atomic E-state index is 12.9. The van der Waals surface area contributed by atoms with Crippen molar-refractivity contribution in [2.45, 2.75) is 12.8 Å². The Morgan fingerprint density at radius 2 is 1.93 bits per heavy atom. The highest BCUT2D eigenvalue weighted by molar-refractivity contribution is 6.17. The average Bonchev–Trinajstić information content (AvgIpc) is 2.19. The number of hydrogen-bond acceptors (Lipinski definition) is 1. The minimum absolute atomic E-state index is 0.369. The van der Waals surface area contributed by atoms with E-state index in [0.29, 0.717) is 30.0 Å². The van der Waals surface area contributed by atoms with E-state index in [2.05, 4.69) is 0 Å². The number of methoxy groups -OCH3 is 1. The van der Waals surface area contributed by atoms with Gasteiger partial charge in [0.1, 0.15) is 5.75 Å². The Labute approximate surface area is 86.6 Å². The summed E-state index contributed by atoms with van der Waals surface area (Å²) in [7, 11) is 1.43. The molecular formula is C10H11ClF2O. The molecule has 1 aromatic carbocycles. The zero-order valence-electron chi connectivity index (χ0n) is 7.82. The van der Waals surface area contributed by atoms with Crippen LogP contribution in [0.5, 0.6) is 5.75 Å². The molecule has 0 aromatic heterocycles. The lowest BCUT2D eigenvalue weighted by Gasteiger charge is -2.08. The molecule has 0 unspecified atom stereocenters. The van der Waals surface area contributed by atoms with E-state index in [1.165, 1.54) is 7.11 Å². The van der Waals surface area contributed by atoms with Gasteiger partial charge in [0.25, 0.3) is 0 Å². The fourth-order valence-corrected chi connectivity index (χ4v) is 1.35. The van der Waals surface area contributed by atoms with Crippen LogP contribution in [0, 0.1) is 11.6 Å². The minimum atomic E-state index is -0.892. The fourth-order valence-electron chi connectivity index (χ4n) is 1.21. The third kappa shape index (κ3) is 2.58. The molecule has 0 heterocycles. The van der Waals surface area contributed by atoms with Gasteiger partial charge in [0.2, 0.25) is 0 Å². The first kappa shape index (κ1) is 11.2. The van der Waals surface area contributed by atoms with E-state index in [4.69, 9.17) is 16.3 Å². The van der Waals surface area contributed by atoms with Gasteiger partial charge in [0.05, 0.1) is 7.11 Å². The van der Waals surface area contributed by atoms with Crippen molar-refractivity contribution in [1.29, 1.82) is 0 Å². The van der Waals surface area contributed by atoms with Crippen LogP contribution in [0.3, 0.4) is 0 Å². The van der Waals surface area contributed by atoms with Crippen molar-refractivity contribution in [3.05, 3.63) is 29.3 Å². The summed E-state index contributed by atoms with van der Waals surface area (Å²) in [5.41, 5.74) is 0.645. The van der Waals surface area contributed by atoms with Crippen LogP contribution in [0.1, 0.15) is 12.0 Å². The van der Waals surface area contributed by atoms with Crippen LogP contribution in [0.4, 0.5) is 8.78 Å². The Morgan fingerprint density at radius 3 is 2.50 bits per heavy atom. The molecule has 0 spiro atoms. The van der Waals surface area contributed by atoms with Crippen molar-refractivity contribution >= 4 is 11.6 Å². The average molecular weight is 221 g/mol. The lowest BCUT2D eigenvalue weighted by atomic mass is 10.1. The molecule has 0 radical (unpaired) electrons. The van der Waals surface area contributed by atoms with Gasteiger partial charge in [-0.2, -0.15) is 0 Å². The number of hydrogen-bond donors (Lipinski definition) is 0. The number of benzene rings is 1. The van der Waals surface area contributed by atoms with Gasteiger partial charge in [-0.3, -0.25) is 0 Å². The molecule has 0 amide bonds. The summed E-state index contributed by atoms with van der Waals surface area (Å²) in [6.07, 6.45) is 1.30. The van der Waals surface area contributed by atoms with Crippen LogP contribution in [0.2, 0.25) is 0 Å². The molecule has 0 aliphatic carbocycles. The van der Waals surface area contributed by atoms with Crippen molar-refractivity contribution in [3.63, 3.8) is 0 Å². The van der Waals surface area contributed by atoms with Gasteiger partial charge in [-0.25, -0.2) is 8.78 Å². The molecular weight excluding hydrogens is 210 g/mol. The number of alkyl halides is 1. The number of aryl methyl sites for hydroxylation is 1.